The molecule has 2 aliphatic heterocycles. The number of anilines is 1. The highest BCUT2D eigenvalue weighted by Gasteiger charge is 2.55. The fourth-order valence-electron chi connectivity index (χ4n) is 2.67. The first kappa shape index (κ1) is 14.7. The second-order valence-corrected chi connectivity index (χ2v) is 5.88. The standard InChI is InChI=1S/C12H16ClN3O5/c1-12(2)20-7-6(4-17)19-10(8(7)21-12)16-3-5(13)9(14)15-11(16)18/h3,6-8,10,17H,4H2,1-2H3,(H2,14,15,18)/t6-,7-,8-,10-/m1/s1. The molecule has 2 fully saturated rings. The van der Waals surface area contributed by atoms with Gasteiger partial charge in [0.15, 0.2) is 12.0 Å². The fourth-order valence-corrected chi connectivity index (χ4v) is 2.82. The van der Waals surface area contributed by atoms with Crippen molar-refractivity contribution in [3.8, 4) is 0 Å². The molecular weight excluding hydrogens is 302 g/mol. The van der Waals surface area contributed by atoms with Gasteiger partial charge in [0.05, 0.1) is 11.6 Å². The van der Waals surface area contributed by atoms with E-state index in [9.17, 15) is 9.90 Å². The van der Waals surface area contributed by atoms with E-state index in [0.29, 0.717) is 0 Å². The van der Waals surface area contributed by atoms with E-state index in [4.69, 9.17) is 31.5 Å². The average Bonchev–Trinajstić information content (AvgIpc) is 2.87. The molecule has 21 heavy (non-hydrogen) atoms. The summed E-state index contributed by atoms with van der Waals surface area (Å²) in [6.07, 6.45) is -1.05. The number of nitrogens with zero attached hydrogens (tertiary/aromatic N) is 2. The lowest BCUT2D eigenvalue weighted by molar-refractivity contribution is -0.200. The van der Waals surface area contributed by atoms with Crippen LogP contribution in [0, 0.1) is 0 Å². The lowest BCUT2D eigenvalue weighted by atomic mass is 10.1. The molecule has 0 radical (unpaired) electrons. The first-order valence-corrected chi connectivity index (χ1v) is 6.86. The maximum Gasteiger partial charge on any atom is 0.351 e. The average molecular weight is 318 g/mol. The minimum Gasteiger partial charge on any atom is -0.394 e. The number of ether oxygens (including phenoxy) is 3. The van der Waals surface area contributed by atoms with Crippen molar-refractivity contribution in [3.05, 3.63) is 21.7 Å². The molecule has 0 spiro atoms. The van der Waals surface area contributed by atoms with E-state index < -0.39 is 36.0 Å². The third-order valence-electron chi connectivity index (χ3n) is 3.51. The van der Waals surface area contributed by atoms with Crippen LogP contribution >= 0.6 is 11.6 Å². The molecule has 2 aliphatic rings. The Labute approximate surface area is 125 Å². The number of aromatic nitrogens is 2. The van der Waals surface area contributed by atoms with Gasteiger partial charge in [-0.3, -0.25) is 4.57 Å². The van der Waals surface area contributed by atoms with Gasteiger partial charge in [-0.15, -0.1) is 0 Å². The van der Waals surface area contributed by atoms with Gasteiger partial charge in [-0.2, -0.15) is 4.98 Å². The Hall–Kier alpha value is -1.19. The van der Waals surface area contributed by atoms with E-state index in [2.05, 4.69) is 4.98 Å². The third-order valence-corrected chi connectivity index (χ3v) is 3.80. The topological polar surface area (TPSA) is 109 Å². The molecule has 1 aromatic heterocycles. The van der Waals surface area contributed by atoms with Crippen molar-refractivity contribution in [1.29, 1.82) is 0 Å². The quantitative estimate of drug-likeness (QED) is 0.783. The highest BCUT2D eigenvalue weighted by Crippen LogP contribution is 2.42. The van der Waals surface area contributed by atoms with Gasteiger partial charge in [-0.1, -0.05) is 11.6 Å². The van der Waals surface area contributed by atoms with Gasteiger partial charge < -0.3 is 25.1 Å². The molecule has 3 heterocycles. The number of rotatable bonds is 2. The van der Waals surface area contributed by atoms with Crippen LogP contribution < -0.4 is 11.4 Å². The van der Waals surface area contributed by atoms with E-state index in [1.54, 1.807) is 13.8 Å². The van der Waals surface area contributed by atoms with Gasteiger partial charge in [0.1, 0.15) is 24.1 Å². The predicted molar refractivity (Wildman–Crippen MR) is 72.7 cm³/mol. The summed E-state index contributed by atoms with van der Waals surface area (Å²) in [5.74, 6) is -0.866. The summed E-state index contributed by atoms with van der Waals surface area (Å²) in [5, 5.41) is 9.55. The molecule has 0 aromatic carbocycles. The molecular formula is C12H16ClN3O5. The van der Waals surface area contributed by atoms with E-state index in [1.807, 2.05) is 0 Å². The maximum absolute atomic E-state index is 12.0. The van der Waals surface area contributed by atoms with Crippen LogP contribution in [0.5, 0.6) is 0 Å². The molecule has 116 valence electrons. The number of aliphatic hydroxyl groups is 1. The number of nitrogen functional groups attached to an aromatic ring is 1. The highest BCUT2D eigenvalue weighted by atomic mass is 35.5. The zero-order chi connectivity index (χ0) is 15.4. The second-order valence-electron chi connectivity index (χ2n) is 5.48. The van der Waals surface area contributed by atoms with E-state index in [-0.39, 0.29) is 17.4 Å². The smallest absolute Gasteiger partial charge is 0.351 e. The SMILES string of the molecule is CC1(C)O[C@@H]2[C@H](O1)[C@@H](CO)O[C@H]2n1cc(Cl)c(N)nc1=O. The Morgan fingerprint density at radius 3 is 2.81 bits per heavy atom. The Morgan fingerprint density at radius 1 is 1.48 bits per heavy atom. The molecule has 0 bridgehead atoms. The molecule has 3 N–H and O–H groups in total. The highest BCUT2D eigenvalue weighted by molar-refractivity contribution is 6.32. The molecule has 1 aromatic rings. The first-order valence-electron chi connectivity index (χ1n) is 6.48. The summed E-state index contributed by atoms with van der Waals surface area (Å²) >= 11 is 5.91. The Kier molecular flexibility index (Phi) is 3.45. The molecule has 4 atom stereocenters. The van der Waals surface area contributed by atoms with Gasteiger partial charge in [0.25, 0.3) is 0 Å². The molecule has 3 rings (SSSR count). The Balaban J connectivity index is 1.99. The second kappa shape index (κ2) is 4.92. The van der Waals surface area contributed by atoms with Crippen LogP contribution in [0.2, 0.25) is 5.02 Å². The molecule has 0 unspecified atom stereocenters. The third kappa shape index (κ3) is 2.43. The number of hydrogen-bond donors (Lipinski definition) is 2. The summed E-state index contributed by atoms with van der Waals surface area (Å²) < 4.78 is 18.4. The zero-order valence-corrected chi connectivity index (χ0v) is 12.3. The predicted octanol–water partition coefficient (Wildman–Crippen LogP) is -0.111. The van der Waals surface area contributed by atoms with Crippen LogP contribution in [0.25, 0.3) is 0 Å². The number of halogens is 1. The zero-order valence-electron chi connectivity index (χ0n) is 11.5. The molecule has 8 nitrogen and oxygen atoms in total. The van der Waals surface area contributed by atoms with Gasteiger partial charge in [0, 0.05) is 6.20 Å². The lowest BCUT2D eigenvalue weighted by Crippen LogP contribution is -2.35. The fraction of sp³-hybridized carbons (Fsp3) is 0.667. The van der Waals surface area contributed by atoms with Crippen molar-refractivity contribution in [2.24, 2.45) is 0 Å². The molecule has 0 aliphatic carbocycles. The van der Waals surface area contributed by atoms with Crippen molar-refractivity contribution >= 4 is 17.4 Å². The lowest BCUT2D eigenvalue weighted by Gasteiger charge is -2.24. The van der Waals surface area contributed by atoms with E-state index >= 15 is 0 Å². The first-order chi connectivity index (χ1) is 9.82. The summed E-state index contributed by atoms with van der Waals surface area (Å²) in [6.45, 7) is 3.27. The molecule has 2 saturated heterocycles. The monoisotopic (exact) mass is 317 g/mol. The Morgan fingerprint density at radius 2 is 2.14 bits per heavy atom. The van der Waals surface area contributed by atoms with Crippen LogP contribution in [-0.4, -0.2) is 45.4 Å². The maximum atomic E-state index is 12.0. The number of fused-ring (bicyclic) bond motifs is 1. The number of aliphatic hydroxyl groups excluding tert-OH is 1. The van der Waals surface area contributed by atoms with Crippen LogP contribution in [0.4, 0.5) is 5.82 Å². The van der Waals surface area contributed by atoms with E-state index in [0.717, 1.165) is 0 Å². The summed E-state index contributed by atoms with van der Waals surface area (Å²) in [5.41, 5.74) is 4.89. The Bertz CT molecular complexity index is 619. The minimum absolute atomic E-state index is 0.0462. The molecule has 0 amide bonds. The molecule has 0 saturated carbocycles. The van der Waals surface area contributed by atoms with Crippen molar-refractivity contribution < 1.29 is 19.3 Å². The van der Waals surface area contributed by atoms with Crippen LogP contribution in [0.3, 0.4) is 0 Å². The van der Waals surface area contributed by atoms with Crippen LogP contribution in [0.1, 0.15) is 20.1 Å². The van der Waals surface area contributed by atoms with Crippen LogP contribution in [-0.2, 0) is 14.2 Å². The van der Waals surface area contributed by atoms with Crippen molar-refractivity contribution in [3.63, 3.8) is 0 Å². The van der Waals surface area contributed by atoms with Gasteiger partial charge in [-0.25, -0.2) is 4.79 Å². The minimum atomic E-state index is -0.820. The van der Waals surface area contributed by atoms with E-state index in [1.165, 1.54) is 10.8 Å². The van der Waals surface area contributed by atoms with Crippen LogP contribution in [0.15, 0.2) is 11.0 Å². The summed E-state index contributed by atoms with van der Waals surface area (Å²) in [6, 6.07) is 0. The normalized spacial score (nSPS) is 34.1. The molecule has 9 heteroatoms. The van der Waals surface area contributed by atoms with Gasteiger partial charge >= 0.3 is 5.69 Å². The van der Waals surface area contributed by atoms with Gasteiger partial charge in [0.2, 0.25) is 0 Å². The van der Waals surface area contributed by atoms with Crippen molar-refractivity contribution in [2.75, 3.05) is 12.3 Å². The largest absolute Gasteiger partial charge is 0.394 e. The van der Waals surface area contributed by atoms with Gasteiger partial charge in [-0.05, 0) is 13.8 Å². The summed E-state index contributed by atoms with van der Waals surface area (Å²) in [4.78, 5) is 15.6. The van der Waals surface area contributed by atoms with Crippen molar-refractivity contribution in [2.45, 2.75) is 44.2 Å². The van der Waals surface area contributed by atoms with Crippen molar-refractivity contribution in [1.82, 2.24) is 9.55 Å². The number of nitrogens with two attached hydrogens (primary N) is 1. The summed E-state index contributed by atoms with van der Waals surface area (Å²) in [7, 11) is 0. The number of hydrogen-bond acceptors (Lipinski definition) is 7.